The highest BCUT2D eigenvalue weighted by Crippen LogP contribution is 2.22. The number of ether oxygens (including phenoxy) is 1. The Balaban J connectivity index is 1.99. The molecule has 21 heavy (non-hydrogen) atoms. The third-order valence-electron chi connectivity index (χ3n) is 3.45. The molecule has 6 heteroatoms. The van der Waals surface area contributed by atoms with Gasteiger partial charge in [-0.2, -0.15) is 0 Å². The summed E-state index contributed by atoms with van der Waals surface area (Å²) in [5.74, 6) is 0.340. The van der Waals surface area contributed by atoms with E-state index in [-0.39, 0.29) is 24.4 Å². The van der Waals surface area contributed by atoms with Crippen molar-refractivity contribution < 1.29 is 14.3 Å². The summed E-state index contributed by atoms with van der Waals surface area (Å²) >= 11 is 0. The second kappa shape index (κ2) is 7.08. The normalized spacial score (nSPS) is 19.0. The van der Waals surface area contributed by atoms with Crippen molar-refractivity contribution in [3.8, 4) is 5.75 Å². The molecule has 0 aromatic heterocycles. The maximum Gasteiger partial charge on any atom is 0.244 e. The van der Waals surface area contributed by atoms with Gasteiger partial charge in [0, 0.05) is 6.54 Å². The van der Waals surface area contributed by atoms with Crippen molar-refractivity contribution in [2.24, 2.45) is 0 Å². The Morgan fingerprint density at radius 2 is 2.24 bits per heavy atom. The highest BCUT2D eigenvalue weighted by Gasteiger charge is 2.24. The Kier molecular flexibility index (Phi) is 5.16. The Morgan fingerprint density at radius 1 is 1.48 bits per heavy atom. The minimum Gasteiger partial charge on any atom is -0.495 e. The Labute approximate surface area is 124 Å². The number of benzene rings is 1. The van der Waals surface area contributed by atoms with Gasteiger partial charge < -0.3 is 20.3 Å². The summed E-state index contributed by atoms with van der Waals surface area (Å²) in [5, 5.41) is 5.91. The summed E-state index contributed by atoms with van der Waals surface area (Å²) in [6.07, 6.45) is 0.845. The minimum atomic E-state index is -0.244. The molecule has 1 atom stereocenters. The van der Waals surface area contributed by atoms with E-state index in [1.807, 2.05) is 19.1 Å². The smallest absolute Gasteiger partial charge is 0.244 e. The lowest BCUT2D eigenvalue weighted by Gasteiger charge is -2.22. The number of hydrogen-bond acceptors (Lipinski definition) is 4. The van der Waals surface area contributed by atoms with Crippen LogP contribution < -0.4 is 15.4 Å². The van der Waals surface area contributed by atoms with E-state index in [4.69, 9.17) is 4.74 Å². The van der Waals surface area contributed by atoms with E-state index in [1.165, 1.54) is 0 Å². The number of hydrogen-bond donors (Lipinski definition) is 2. The molecule has 0 saturated carbocycles. The summed E-state index contributed by atoms with van der Waals surface area (Å²) in [5.41, 5.74) is 0.610. The van der Waals surface area contributed by atoms with Crippen LogP contribution in [0.4, 0.5) is 5.69 Å². The fraction of sp³-hybridized carbons (Fsp3) is 0.467. The zero-order chi connectivity index (χ0) is 15.2. The van der Waals surface area contributed by atoms with Gasteiger partial charge in [0.1, 0.15) is 5.75 Å². The molecule has 6 nitrogen and oxygen atoms in total. The quantitative estimate of drug-likeness (QED) is 0.862. The fourth-order valence-corrected chi connectivity index (χ4v) is 2.33. The van der Waals surface area contributed by atoms with Crippen LogP contribution in [0, 0.1) is 0 Å². The predicted molar refractivity (Wildman–Crippen MR) is 80.3 cm³/mol. The van der Waals surface area contributed by atoms with Crippen molar-refractivity contribution in [3.63, 3.8) is 0 Å². The first-order valence-corrected chi connectivity index (χ1v) is 7.07. The molecular weight excluding hydrogens is 270 g/mol. The predicted octanol–water partition coefficient (Wildman–Crippen LogP) is 0.844. The molecule has 1 heterocycles. The topological polar surface area (TPSA) is 70.7 Å². The van der Waals surface area contributed by atoms with Crippen molar-refractivity contribution in [2.45, 2.75) is 19.4 Å². The standard InChI is InChI=1S/C15H21N3O3/c1-11-15(20)18(9-5-8-16-11)10-14(19)17-12-6-3-4-7-13(12)21-2/h3-4,6-7,11,16H,5,8-10H2,1-2H3,(H,17,19). The molecule has 1 fully saturated rings. The summed E-state index contributed by atoms with van der Waals surface area (Å²) in [6, 6.07) is 6.96. The first-order chi connectivity index (χ1) is 10.1. The minimum absolute atomic E-state index is 0.0392. The van der Waals surface area contributed by atoms with Crippen molar-refractivity contribution in [3.05, 3.63) is 24.3 Å². The van der Waals surface area contributed by atoms with Crippen LogP contribution in [0.2, 0.25) is 0 Å². The number of carbonyl (C=O) groups is 2. The lowest BCUT2D eigenvalue weighted by atomic mass is 10.2. The first-order valence-electron chi connectivity index (χ1n) is 7.07. The number of methoxy groups -OCH3 is 1. The summed E-state index contributed by atoms with van der Waals surface area (Å²) in [4.78, 5) is 25.8. The van der Waals surface area contributed by atoms with Gasteiger partial charge in [0.05, 0.1) is 25.4 Å². The number of amides is 2. The summed E-state index contributed by atoms with van der Waals surface area (Å²) in [6.45, 7) is 3.26. The van der Waals surface area contributed by atoms with Gasteiger partial charge in [0.25, 0.3) is 0 Å². The van der Waals surface area contributed by atoms with Crippen LogP contribution in [0.3, 0.4) is 0 Å². The van der Waals surface area contributed by atoms with Gasteiger partial charge in [-0.05, 0) is 32.0 Å². The molecule has 114 valence electrons. The van der Waals surface area contributed by atoms with E-state index in [1.54, 1.807) is 24.1 Å². The molecular formula is C15H21N3O3. The number of nitrogens with zero attached hydrogens (tertiary/aromatic N) is 1. The van der Waals surface area contributed by atoms with Crippen molar-refractivity contribution >= 4 is 17.5 Å². The molecule has 1 aliphatic heterocycles. The van der Waals surface area contributed by atoms with Gasteiger partial charge >= 0.3 is 0 Å². The molecule has 0 bridgehead atoms. The molecule has 2 amide bonds. The van der Waals surface area contributed by atoms with Crippen LogP contribution in [0.1, 0.15) is 13.3 Å². The van der Waals surface area contributed by atoms with E-state index in [9.17, 15) is 9.59 Å². The molecule has 1 aromatic carbocycles. The van der Waals surface area contributed by atoms with Gasteiger partial charge in [-0.25, -0.2) is 0 Å². The fourth-order valence-electron chi connectivity index (χ4n) is 2.33. The first kappa shape index (κ1) is 15.3. The zero-order valence-electron chi connectivity index (χ0n) is 12.4. The van der Waals surface area contributed by atoms with Crippen molar-refractivity contribution in [2.75, 3.05) is 32.1 Å². The van der Waals surface area contributed by atoms with Gasteiger partial charge in [0.15, 0.2) is 0 Å². The number of para-hydroxylation sites is 2. The highest BCUT2D eigenvalue weighted by atomic mass is 16.5. The van der Waals surface area contributed by atoms with Crippen LogP contribution >= 0.6 is 0 Å². The number of rotatable bonds is 4. The lowest BCUT2D eigenvalue weighted by molar-refractivity contribution is -0.135. The monoisotopic (exact) mass is 291 g/mol. The molecule has 0 aliphatic carbocycles. The number of anilines is 1. The van der Waals surface area contributed by atoms with Crippen molar-refractivity contribution in [1.82, 2.24) is 10.2 Å². The van der Waals surface area contributed by atoms with E-state index in [2.05, 4.69) is 10.6 Å². The third-order valence-corrected chi connectivity index (χ3v) is 3.45. The van der Waals surface area contributed by atoms with Crippen LogP contribution in [0.25, 0.3) is 0 Å². The Bertz CT molecular complexity index is 519. The summed E-state index contributed by atoms with van der Waals surface area (Å²) in [7, 11) is 1.55. The molecule has 0 spiro atoms. The van der Waals surface area contributed by atoms with Crippen LogP contribution in [0.5, 0.6) is 5.75 Å². The van der Waals surface area contributed by atoms with Crippen molar-refractivity contribution in [1.29, 1.82) is 0 Å². The third kappa shape index (κ3) is 3.95. The van der Waals surface area contributed by atoms with Crippen LogP contribution in [-0.4, -0.2) is 49.5 Å². The second-order valence-electron chi connectivity index (χ2n) is 5.04. The lowest BCUT2D eigenvalue weighted by Crippen LogP contribution is -2.44. The molecule has 1 aromatic rings. The maximum atomic E-state index is 12.1. The van der Waals surface area contributed by atoms with Gasteiger partial charge in [-0.15, -0.1) is 0 Å². The SMILES string of the molecule is COc1ccccc1NC(=O)CN1CCCNC(C)C1=O. The highest BCUT2D eigenvalue weighted by molar-refractivity contribution is 5.96. The molecule has 0 radical (unpaired) electrons. The van der Waals surface area contributed by atoms with Gasteiger partial charge in [-0.1, -0.05) is 12.1 Å². The second-order valence-corrected chi connectivity index (χ2v) is 5.04. The Hall–Kier alpha value is -2.08. The van der Waals surface area contributed by atoms with Crippen LogP contribution in [-0.2, 0) is 9.59 Å². The molecule has 1 saturated heterocycles. The van der Waals surface area contributed by atoms with Gasteiger partial charge in [0.2, 0.25) is 11.8 Å². The van der Waals surface area contributed by atoms with E-state index in [0.717, 1.165) is 13.0 Å². The molecule has 2 rings (SSSR count). The average Bonchev–Trinajstić information content (AvgIpc) is 2.63. The molecule has 1 unspecified atom stereocenters. The number of carbonyl (C=O) groups excluding carboxylic acids is 2. The average molecular weight is 291 g/mol. The maximum absolute atomic E-state index is 12.1. The Morgan fingerprint density at radius 3 is 3.00 bits per heavy atom. The van der Waals surface area contributed by atoms with E-state index < -0.39 is 0 Å². The van der Waals surface area contributed by atoms with E-state index >= 15 is 0 Å². The number of nitrogens with one attached hydrogen (secondary N) is 2. The molecule has 1 aliphatic rings. The molecule has 2 N–H and O–H groups in total. The summed E-state index contributed by atoms with van der Waals surface area (Å²) < 4.78 is 5.19. The largest absolute Gasteiger partial charge is 0.495 e. The van der Waals surface area contributed by atoms with Crippen LogP contribution in [0.15, 0.2) is 24.3 Å². The van der Waals surface area contributed by atoms with Gasteiger partial charge in [-0.3, -0.25) is 9.59 Å². The van der Waals surface area contributed by atoms with E-state index in [0.29, 0.717) is 18.0 Å². The zero-order valence-corrected chi connectivity index (χ0v) is 12.4.